The van der Waals surface area contributed by atoms with E-state index in [0.29, 0.717) is 13.0 Å². The molecular formula is C19H30O2. The molecule has 21 heavy (non-hydrogen) atoms. The maximum Gasteiger partial charge on any atom is 0.306 e. The standard InChI is InChI=1S/C19H30O2/c1-17(2)11-7-4-3-5-10-16-21-19(20)15-14-18-12-8-6-9-13-18/h6,8-9,12-13,17H,3-5,7,10-11,14-16H2,1-2H3. The Balaban J connectivity index is 1.92. The van der Waals surface area contributed by atoms with Crippen molar-refractivity contribution in [2.75, 3.05) is 6.61 Å². The SMILES string of the molecule is CC(C)CCCCCCCOC(=O)CCc1ccccc1. The van der Waals surface area contributed by atoms with Crippen LogP contribution in [0, 0.1) is 5.92 Å². The molecule has 2 heteroatoms. The molecule has 0 aromatic heterocycles. The third-order valence-electron chi connectivity index (χ3n) is 3.65. The van der Waals surface area contributed by atoms with Gasteiger partial charge in [0, 0.05) is 6.42 Å². The smallest absolute Gasteiger partial charge is 0.306 e. The maximum absolute atomic E-state index is 11.6. The Hall–Kier alpha value is -1.31. The highest BCUT2D eigenvalue weighted by Gasteiger charge is 2.03. The molecule has 0 aliphatic heterocycles. The van der Waals surface area contributed by atoms with E-state index in [-0.39, 0.29) is 5.97 Å². The van der Waals surface area contributed by atoms with E-state index < -0.39 is 0 Å². The molecule has 0 fully saturated rings. The molecule has 0 N–H and O–H groups in total. The van der Waals surface area contributed by atoms with E-state index in [9.17, 15) is 4.79 Å². The van der Waals surface area contributed by atoms with Gasteiger partial charge in [0.25, 0.3) is 0 Å². The van der Waals surface area contributed by atoms with Crippen LogP contribution >= 0.6 is 0 Å². The van der Waals surface area contributed by atoms with Crippen LogP contribution in [0.2, 0.25) is 0 Å². The first kappa shape index (κ1) is 17.7. The van der Waals surface area contributed by atoms with Crippen LogP contribution in [0.4, 0.5) is 0 Å². The molecule has 1 aromatic carbocycles. The predicted molar refractivity (Wildman–Crippen MR) is 88.3 cm³/mol. The second kappa shape index (κ2) is 11.4. The van der Waals surface area contributed by atoms with E-state index in [0.717, 1.165) is 18.8 Å². The minimum atomic E-state index is -0.0707. The molecule has 0 radical (unpaired) electrons. The molecule has 0 heterocycles. The predicted octanol–water partition coefficient (Wildman–Crippen LogP) is 5.16. The summed E-state index contributed by atoms with van der Waals surface area (Å²) in [5, 5.41) is 0. The first-order valence-corrected chi connectivity index (χ1v) is 8.38. The molecule has 2 nitrogen and oxygen atoms in total. The summed E-state index contributed by atoms with van der Waals surface area (Å²) in [5.41, 5.74) is 1.19. The Morgan fingerprint density at radius 2 is 1.67 bits per heavy atom. The number of rotatable bonds is 11. The van der Waals surface area contributed by atoms with Crippen molar-refractivity contribution in [3.8, 4) is 0 Å². The molecule has 118 valence electrons. The van der Waals surface area contributed by atoms with E-state index in [1.54, 1.807) is 0 Å². The Bertz CT molecular complexity index is 370. The van der Waals surface area contributed by atoms with Crippen LogP contribution in [0.25, 0.3) is 0 Å². The molecule has 0 spiro atoms. The fourth-order valence-electron chi connectivity index (χ4n) is 2.33. The maximum atomic E-state index is 11.6. The Morgan fingerprint density at radius 3 is 2.38 bits per heavy atom. The van der Waals surface area contributed by atoms with E-state index in [4.69, 9.17) is 4.74 Å². The molecule has 0 aliphatic rings. The lowest BCUT2D eigenvalue weighted by Gasteiger charge is -2.06. The highest BCUT2D eigenvalue weighted by Crippen LogP contribution is 2.10. The zero-order valence-electron chi connectivity index (χ0n) is 13.6. The minimum absolute atomic E-state index is 0.0707. The van der Waals surface area contributed by atoms with Crippen LogP contribution in [0.15, 0.2) is 30.3 Å². The monoisotopic (exact) mass is 290 g/mol. The van der Waals surface area contributed by atoms with Crippen molar-refractivity contribution >= 4 is 5.97 Å². The van der Waals surface area contributed by atoms with Crippen molar-refractivity contribution in [2.45, 2.75) is 65.2 Å². The van der Waals surface area contributed by atoms with Gasteiger partial charge in [-0.2, -0.15) is 0 Å². The molecule has 0 unspecified atom stereocenters. The Morgan fingerprint density at radius 1 is 1.00 bits per heavy atom. The van der Waals surface area contributed by atoms with E-state index in [1.807, 2.05) is 30.3 Å². The summed E-state index contributed by atoms with van der Waals surface area (Å²) in [6.07, 6.45) is 8.65. The van der Waals surface area contributed by atoms with Gasteiger partial charge < -0.3 is 4.74 Å². The highest BCUT2D eigenvalue weighted by molar-refractivity contribution is 5.69. The number of hydrogen-bond donors (Lipinski definition) is 0. The third-order valence-corrected chi connectivity index (χ3v) is 3.65. The lowest BCUT2D eigenvalue weighted by Crippen LogP contribution is -2.07. The third kappa shape index (κ3) is 10.1. The number of aryl methyl sites for hydroxylation is 1. The number of ether oxygens (including phenoxy) is 1. The average Bonchev–Trinajstić information content (AvgIpc) is 2.48. The molecule has 1 aromatic rings. The lowest BCUT2D eigenvalue weighted by molar-refractivity contribution is -0.143. The molecular weight excluding hydrogens is 260 g/mol. The van der Waals surface area contributed by atoms with Crippen LogP contribution in [0.5, 0.6) is 0 Å². The first-order chi connectivity index (χ1) is 10.2. The largest absolute Gasteiger partial charge is 0.466 e. The minimum Gasteiger partial charge on any atom is -0.466 e. The molecule has 0 amide bonds. The number of benzene rings is 1. The van der Waals surface area contributed by atoms with Gasteiger partial charge in [0.2, 0.25) is 0 Å². The van der Waals surface area contributed by atoms with Crippen molar-refractivity contribution in [3.63, 3.8) is 0 Å². The molecule has 0 saturated heterocycles. The van der Waals surface area contributed by atoms with Gasteiger partial charge in [-0.3, -0.25) is 4.79 Å². The summed E-state index contributed by atoms with van der Waals surface area (Å²) >= 11 is 0. The number of carbonyl (C=O) groups is 1. The van der Waals surface area contributed by atoms with Crippen LogP contribution in [-0.4, -0.2) is 12.6 Å². The van der Waals surface area contributed by atoms with Crippen molar-refractivity contribution in [1.82, 2.24) is 0 Å². The highest BCUT2D eigenvalue weighted by atomic mass is 16.5. The topological polar surface area (TPSA) is 26.3 Å². The summed E-state index contributed by atoms with van der Waals surface area (Å²) < 4.78 is 5.27. The fourth-order valence-corrected chi connectivity index (χ4v) is 2.33. The van der Waals surface area contributed by atoms with Crippen molar-refractivity contribution < 1.29 is 9.53 Å². The number of hydrogen-bond acceptors (Lipinski definition) is 2. The van der Waals surface area contributed by atoms with Gasteiger partial charge in [0.05, 0.1) is 6.61 Å². The van der Waals surface area contributed by atoms with Crippen molar-refractivity contribution in [1.29, 1.82) is 0 Å². The van der Waals surface area contributed by atoms with Crippen molar-refractivity contribution in [3.05, 3.63) is 35.9 Å². The van der Waals surface area contributed by atoms with E-state index >= 15 is 0 Å². The first-order valence-electron chi connectivity index (χ1n) is 8.38. The van der Waals surface area contributed by atoms with Gasteiger partial charge in [-0.25, -0.2) is 0 Å². The van der Waals surface area contributed by atoms with E-state index in [1.165, 1.54) is 37.7 Å². The number of carbonyl (C=O) groups excluding carboxylic acids is 1. The lowest BCUT2D eigenvalue weighted by atomic mass is 10.0. The van der Waals surface area contributed by atoms with Crippen LogP contribution in [0.3, 0.4) is 0 Å². The van der Waals surface area contributed by atoms with Crippen LogP contribution < -0.4 is 0 Å². The van der Waals surface area contributed by atoms with Crippen LogP contribution in [-0.2, 0) is 16.0 Å². The molecule has 1 rings (SSSR count). The van der Waals surface area contributed by atoms with Gasteiger partial charge in [-0.15, -0.1) is 0 Å². The Kier molecular flexibility index (Phi) is 9.60. The zero-order chi connectivity index (χ0) is 15.3. The van der Waals surface area contributed by atoms with Gasteiger partial charge in [-0.05, 0) is 24.3 Å². The van der Waals surface area contributed by atoms with Crippen LogP contribution in [0.1, 0.15) is 64.4 Å². The molecule has 0 aliphatic carbocycles. The second-order valence-electron chi connectivity index (χ2n) is 6.16. The second-order valence-corrected chi connectivity index (χ2v) is 6.16. The van der Waals surface area contributed by atoms with Gasteiger partial charge in [0.1, 0.15) is 0 Å². The van der Waals surface area contributed by atoms with Gasteiger partial charge in [0.15, 0.2) is 0 Å². The molecule has 0 saturated carbocycles. The van der Waals surface area contributed by atoms with Gasteiger partial charge in [-0.1, -0.05) is 76.3 Å². The molecule has 0 atom stereocenters. The Labute approximate surface area is 129 Å². The summed E-state index contributed by atoms with van der Waals surface area (Å²) in [5.74, 6) is 0.745. The summed E-state index contributed by atoms with van der Waals surface area (Å²) in [6.45, 7) is 5.13. The average molecular weight is 290 g/mol. The van der Waals surface area contributed by atoms with Gasteiger partial charge >= 0.3 is 5.97 Å². The number of unbranched alkanes of at least 4 members (excludes halogenated alkanes) is 4. The summed E-state index contributed by atoms with van der Waals surface area (Å²) in [7, 11) is 0. The quantitative estimate of drug-likeness (QED) is 0.415. The molecule has 0 bridgehead atoms. The normalized spacial score (nSPS) is 10.8. The van der Waals surface area contributed by atoms with E-state index in [2.05, 4.69) is 13.8 Å². The number of esters is 1. The fraction of sp³-hybridized carbons (Fsp3) is 0.632. The van der Waals surface area contributed by atoms with Crippen molar-refractivity contribution in [2.24, 2.45) is 5.92 Å². The summed E-state index contributed by atoms with van der Waals surface area (Å²) in [6, 6.07) is 10.1. The zero-order valence-corrected chi connectivity index (χ0v) is 13.6. The summed E-state index contributed by atoms with van der Waals surface area (Å²) in [4.78, 5) is 11.6.